The zero-order chi connectivity index (χ0) is 8.27. The van der Waals surface area contributed by atoms with Gasteiger partial charge in [0.2, 0.25) is 0 Å². The first-order valence-electron chi connectivity index (χ1n) is 3.79. The van der Waals surface area contributed by atoms with Gasteiger partial charge in [-0.2, -0.15) is 0 Å². The van der Waals surface area contributed by atoms with Crippen molar-refractivity contribution in [1.82, 2.24) is 0 Å². The van der Waals surface area contributed by atoms with Gasteiger partial charge in [-0.05, 0) is 12.8 Å². The van der Waals surface area contributed by atoms with Gasteiger partial charge in [-0.25, -0.2) is 0 Å². The van der Waals surface area contributed by atoms with E-state index >= 15 is 0 Å². The molecule has 2 nitrogen and oxygen atoms in total. The maximum atomic E-state index is 11.1. The lowest BCUT2D eigenvalue weighted by Crippen LogP contribution is -2.18. The smallest absolute Gasteiger partial charge is 0.161 e. The Labute approximate surface area is 66.2 Å². The van der Waals surface area contributed by atoms with Gasteiger partial charge in [-0.15, -0.1) is 6.58 Å². The summed E-state index contributed by atoms with van der Waals surface area (Å²) in [6, 6.07) is 0. The van der Waals surface area contributed by atoms with Gasteiger partial charge in [0.1, 0.15) is 0 Å². The molecule has 0 radical (unpaired) electrons. The summed E-state index contributed by atoms with van der Waals surface area (Å²) in [7, 11) is 0. The van der Waals surface area contributed by atoms with Gasteiger partial charge in [0.05, 0.1) is 6.10 Å². The SMILES string of the molecule is C=C[C@H](O)C1=CCCCC1=O. The van der Waals surface area contributed by atoms with E-state index in [9.17, 15) is 9.90 Å². The molecule has 0 fully saturated rings. The van der Waals surface area contributed by atoms with Crippen LogP contribution in [0.25, 0.3) is 0 Å². The maximum absolute atomic E-state index is 11.1. The summed E-state index contributed by atoms with van der Waals surface area (Å²) in [6.07, 6.45) is 4.80. The summed E-state index contributed by atoms with van der Waals surface area (Å²) >= 11 is 0. The van der Waals surface area contributed by atoms with Gasteiger partial charge in [0, 0.05) is 12.0 Å². The lowest BCUT2D eigenvalue weighted by Gasteiger charge is -2.13. The van der Waals surface area contributed by atoms with Crippen molar-refractivity contribution in [3.63, 3.8) is 0 Å². The number of hydrogen-bond acceptors (Lipinski definition) is 2. The van der Waals surface area contributed by atoms with E-state index in [4.69, 9.17) is 0 Å². The standard InChI is InChI=1S/C9H12O2/c1-2-8(10)7-5-3-4-6-9(7)11/h2,5,8,10H,1,3-4,6H2/t8-/m0/s1. The van der Waals surface area contributed by atoms with E-state index in [0.717, 1.165) is 12.8 Å². The van der Waals surface area contributed by atoms with Crippen molar-refractivity contribution in [2.45, 2.75) is 25.4 Å². The molecule has 0 amide bonds. The lowest BCUT2D eigenvalue weighted by molar-refractivity contribution is -0.116. The molecule has 0 heterocycles. The normalized spacial score (nSPS) is 20.8. The molecule has 0 aromatic rings. The highest BCUT2D eigenvalue weighted by atomic mass is 16.3. The van der Waals surface area contributed by atoms with Crippen molar-refractivity contribution >= 4 is 5.78 Å². The van der Waals surface area contributed by atoms with Gasteiger partial charge < -0.3 is 5.11 Å². The van der Waals surface area contributed by atoms with Gasteiger partial charge >= 0.3 is 0 Å². The Bertz CT molecular complexity index is 204. The van der Waals surface area contributed by atoms with E-state index in [0.29, 0.717) is 12.0 Å². The van der Waals surface area contributed by atoms with Gasteiger partial charge in [0.15, 0.2) is 5.78 Å². The fourth-order valence-electron chi connectivity index (χ4n) is 1.19. The number of aliphatic hydroxyl groups excluding tert-OH is 1. The van der Waals surface area contributed by atoms with Crippen LogP contribution in [0.2, 0.25) is 0 Å². The van der Waals surface area contributed by atoms with Crippen LogP contribution in [-0.2, 0) is 4.79 Å². The number of hydrogen-bond donors (Lipinski definition) is 1. The largest absolute Gasteiger partial charge is 0.384 e. The van der Waals surface area contributed by atoms with Crippen molar-refractivity contribution in [3.8, 4) is 0 Å². The van der Waals surface area contributed by atoms with Crippen LogP contribution in [0.15, 0.2) is 24.3 Å². The maximum Gasteiger partial charge on any atom is 0.161 e. The minimum atomic E-state index is -0.761. The predicted octanol–water partition coefficient (Wildman–Crippen LogP) is 1.21. The Morgan fingerprint density at radius 1 is 1.73 bits per heavy atom. The molecule has 2 heteroatoms. The topological polar surface area (TPSA) is 37.3 Å². The Morgan fingerprint density at radius 3 is 3.00 bits per heavy atom. The molecule has 1 aliphatic carbocycles. The molecule has 1 N–H and O–H groups in total. The van der Waals surface area contributed by atoms with Crippen LogP contribution in [0.3, 0.4) is 0 Å². The van der Waals surface area contributed by atoms with Crippen LogP contribution in [0.4, 0.5) is 0 Å². The summed E-state index contributed by atoms with van der Waals surface area (Å²) < 4.78 is 0. The van der Waals surface area contributed by atoms with E-state index < -0.39 is 6.10 Å². The monoisotopic (exact) mass is 152 g/mol. The third-order valence-corrected chi connectivity index (χ3v) is 1.84. The number of aliphatic hydroxyl groups is 1. The second kappa shape index (κ2) is 3.49. The molecule has 0 bridgehead atoms. The Hall–Kier alpha value is -0.890. The van der Waals surface area contributed by atoms with E-state index in [1.807, 2.05) is 0 Å². The summed E-state index contributed by atoms with van der Waals surface area (Å²) in [5, 5.41) is 9.25. The quantitative estimate of drug-likeness (QED) is 0.604. The predicted molar refractivity (Wildman–Crippen MR) is 43.1 cm³/mol. The highest BCUT2D eigenvalue weighted by Crippen LogP contribution is 2.17. The number of carbonyl (C=O) groups excluding carboxylic acids is 1. The molecule has 1 rings (SSSR count). The van der Waals surface area contributed by atoms with Crippen molar-refractivity contribution in [2.75, 3.05) is 0 Å². The number of carbonyl (C=O) groups is 1. The lowest BCUT2D eigenvalue weighted by atomic mass is 9.94. The average molecular weight is 152 g/mol. The van der Waals surface area contributed by atoms with E-state index in [-0.39, 0.29) is 5.78 Å². The van der Waals surface area contributed by atoms with Gasteiger partial charge in [0.25, 0.3) is 0 Å². The van der Waals surface area contributed by atoms with Crippen molar-refractivity contribution < 1.29 is 9.90 Å². The molecule has 0 aromatic heterocycles. The van der Waals surface area contributed by atoms with Crippen LogP contribution in [0, 0.1) is 0 Å². The molecule has 0 saturated carbocycles. The third kappa shape index (κ3) is 1.77. The Balaban J connectivity index is 2.75. The highest BCUT2D eigenvalue weighted by Gasteiger charge is 2.17. The fraction of sp³-hybridized carbons (Fsp3) is 0.444. The first kappa shape index (κ1) is 8.21. The zero-order valence-electron chi connectivity index (χ0n) is 6.42. The molecule has 0 saturated heterocycles. The first-order valence-corrected chi connectivity index (χ1v) is 3.79. The molecule has 0 spiro atoms. The average Bonchev–Trinajstić information content (AvgIpc) is 2.04. The highest BCUT2D eigenvalue weighted by molar-refractivity contribution is 5.97. The Morgan fingerprint density at radius 2 is 2.45 bits per heavy atom. The summed E-state index contributed by atoms with van der Waals surface area (Å²) in [5.74, 6) is 0.0589. The van der Waals surface area contributed by atoms with Gasteiger partial charge in [-0.1, -0.05) is 12.2 Å². The zero-order valence-corrected chi connectivity index (χ0v) is 6.42. The van der Waals surface area contributed by atoms with Crippen molar-refractivity contribution in [2.24, 2.45) is 0 Å². The minimum Gasteiger partial charge on any atom is -0.384 e. The molecular formula is C9H12O2. The molecule has 1 aliphatic rings. The second-order valence-electron chi connectivity index (χ2n) is 2.66. The second-order valence-corrected chi connectivity index (χ2v) is 2.66. The molecule has 11 heavy (non-hydrogen) atoms. The fourth-order valence-corrected chi connectivity index (χ4v) is 1.19. The number of Topliss-reactive ketones (excluding diaryl/α,β-unsaturated/α-hetero) is 1. The molecule has 0 aliphatic heterocycles. The van der Waals surface area contributed by atoms with Gasteiger partial charge in [-0.3, -0.25) is 4.79 Å². The summed E-state index contributed by atoms with van der Waals surface area (Å²) in [6.45, 7) is 3.43. The molecule has 0 aromatic carbocycles. The van der Waals surface area contributed by atoms with Crippen molar-refractivity contribution in [1.29, 1.82) is 0 Å². The van der Waals surface area contributed by atoms with E-state index in [2.05, 4.69) is 6.58 Å². The molecule has 0 unspecified atom stereocenters. The summed E-state index contributed by atoms with van der Waals surface area (Å²) in [4.78, 5) is 11.1. The van der Waals surface area contributed by atoms with Crippen molar-refractivity contribution in [3.05, 3.63) is 24.3 Å². The summed E-state index contributed by atoms with van der Waals surface area (Å²) in [5.41, 5.74) is 0.520. The van der Waals surface area contributed by atoms with Crippen LogP contribution >= 0.6 is 0 Å². The van der Waals surface area contributed by atoms with Crippen LogP contribution < -0.4 is 0 Å². The first-order chi connectivity index (χ1) is 5.25. The minimum absolute atomic E-state index is 0.0589. The number of allylic oxidation sites excluding steroid dienone is 1. The van der Waals surface area contributed by atoms with Crippen LogP contribution in [-0.4, -0.2) is 17.0 Å². The number of rotatable bonds is 2. The third-order valence-electron chi connectivity index (χ3n) is 1.84. The molecule has 60 valence electrons. The van der Waals surface area contributed by atoms with E-state index in [1.54, 1.807) is 6.08 Å². The van der Waals surface area contributed by atoms with E-state index in [1.165, 1.54) is 6.08 Å². The van der Waals surface area contributed by atoms with Crippen LogP contribution in [0.5, 0.6) is 0 Å². The number of ketones is 1. The molecule has 1 atom stereocenters. The Kier molecular flexibility index (Phi) is 2.60. The van der Waals surface area contributed by atoms with Crippen LogP contribution in [0.1, 0.15) is 19.3 Å². The molecular weight excluding hydrogens is 140 g/mol.